The second-order valence-corrected chi connectivity index (χ2v) is 5.13. The van der Waals surface area contributed by atoms with E-state index in [0.717, 1.165) is 5.56 Å². The number of benzene rings is 2. The second-order valence-electron chi connectivity index (χ2n) is 4.15. The Balaban J connectivity index is 2.04. The Morgan fingerprint density at radius 1 is 1.05 bits per heavy atom. The van der Waals surface area contributed by atoms with E-state index in [2.05, 4.69) is 6.07 Å². The molecule has 0 unspecified atom stereocenters. The second kappa shape index (κ2) is 6.73. The molecular weight excluding hydrogens is 272 g/mol. The molecular formula is C15H12N2O2S. The Labute approximate surface area is 121 Å². The van der Waals surface area contributed by atoms with Gasteiger partial charge in [0.15, 0.2) is 0 Å². The van der Waals surface area contributed by atoms with Gasteiger partial charge in [0.1, 0.15) is 0 Å². The van der Waals surface area contributed by atoms with Crippen LogP contribution in [0.25, 0.3) is 0 Å². The highest BCUT2D eigenvalue weighted by Gasteiger charge is 2.12. The van der Waals surface area contributed by atoms with Crippen LogP contribution in [0.3, 0.4) is 0 Å². The van der Waals surface area contributed by atoms with Crippen LogP contribution in [0, 0.1) is 21.4 Å². The molecule has 0 spiro atoms. The van der Waals surface area contributed by atoms with Crippen LogP contribution in [0.1, 0.15) is 16.7 Å². The summed E-state index contributed by atoms with van der Waals surface area (Å²) in [5, 5.41) is 19.9. The van der Waals surface area contributed by atoms with E-state index >= 15 is 0 Å². The summed E-state index contributed by atoms with van der Waals surface area (Å²) in [5.41, 5.74) is 2.46. The van der Waals surface area contributed by atoms with Crippen LogP contribution in [0.4, 0.5) is 5.69 Å². The number of hydrogen-bond donors (Lipinski definition) is 0. The number of nitriles is 1. The van der Waals surface area contributed by atoms with Gasteiger partial charge >= 0.3 is 0 Å². The molecule has 4 nitrogen and oxygen atoms in total. The topological polar surface area (TPSA) is 66.9 Å². The van der Waals surface area contributed by atoms with E-state index in [1.165, 1.54) is 6.07 Å². The van der Waals surface area contributed by atoms with Crippen molar-refractivity contribution in [3.05, 3.63) is 75.3 Å². The maximum Gasteiger partial charge on any atom is 0.273 e. The molecule has 0 fully saturated rings. The summed E-state index contributed by atoms with van der Waals surface area (Å²) in [6.07, 6.45) is 0. The van der Waals surface area contributed by atoms with E-state index < -0.39 is 0 Å². The summed E-state index contributed by atoms with van der Waals surface area (Å²) in [6, 6.07) is 16.3. The molecule has 2 rings (SSSR count). The van der Waals surface area contributed by atoms with Crippen LogP contribution in [-0.2, 0) is 11.5 Å². The first-order valence-electron chi connectivity index (χ1n) is 6.00. The molecule has 0 radical (unpaired) electrons. The smallest absolute Gasteiger partial charge is 0.258 e. The molecule has 0 amide bonds. The third-order valence-corrected chi connectivity index (χ3v) is 3.87. The lowest BCUT2D eigenvalue weighted by atomic mass is 10.1. The zero-order chi connectivity index (χ0) is 14.4. The average Bonchev–Trinajstić information content (AvgIpc) is 2.48. The Morgan fingerprint density at radius 3 is 2.35 bits per heavy atom. The Hall–Kier alpha value is -2.32. The Kier molecular flexibility index (Phi) is 4.75. The van der Waals surface area contributed by atoms with Gasteiger partial charge in [0, 0.05) is 23.1 Å². The number of thioether (sulfide) groups is 1. The van der Waals surface area contributed by atoms with E-state index in [1.54, 1.807) is 36.0 Å². The maximum absolute atomic E-state index is 10.9. The van der Waals surface area contributed by atoms with Gasteiger partial charge in [0.25, 0.3) is 5.69 Å². The van der Waals surface area contributed by atoms with Crippen molar-refractivity contribution in [1.82, 2.24) is 0 Å². The minimum Gasteiger partial charge on any atom is -0.258 e. The van der Waals surface area contributed by atoms with Crippen molar-refractivity contribution in [2.24, 2.45) is 0 Å². The number of nitrogens with zero attached hydrogens (tertiary/aromatic N) is 2. The molecule has 2 aromatic carbocycles. The first-order chi connectivity index (χ1) is 9.72. The lowest BCUT2D eigenvalue weighted by Gasteiger charge is -2.04. The summed E-state index contributed by atoms with van der Waals surface area (Å²) in [5.74, 6) is 1.21. The molecule has 0 atom stereocenters. The SMILES string of the molecule is N#Cc1ccccc1CSCc1ccccc1[N+](=O)[O-]. The van der Waals surface area contributed by atoms with Gasteiger partial charge in [-0.3, -0.25) is 10.1 Å². The van der Waals surface area contributed by atoms with Gasteiger partial charge in [-0.2, -0.15) is 17.0 Å². The van der Waals surface area contributed by atoms with Crippen molar-refractivity contribution in [2.75, 3.05) is 0 Å². The number of rotatable bonds is 5. The summed E-state index contributed by atoms with van der Waals surface area (Å²) >= 11 is 1.56. The summed E-state index contributed by atoms with van der Waals surface area (Å²) in [4.78, 5) is 10.5. The fraction of sp³-hybridized carbons (Fsp3) is 0.133. The number of hydrogen-bond acceptors (Lipinski definition) is 4. The molecule has 0 aliphatic heterocycles. The molecule has 100 valence electrons. The minimum atomic E-state index is -0.362. The zero-order valence-corrected chi connectivity index (χ0v) is 11.5. The summed E-state index contributed by atoms with van der Waals surface area (Å²) in [7, 11) is 0. The minimum absolute atomic E-state index is 0.147. The molecule has 0 bridgehead atoms. The zero-order valence-electron chi connectivity index (χ0n) is 10.7. The molecule has 20 heavy (non-hydrogen) atoms. The van der Waals surface area contributed by atoms with Crippen molar-refractivity contribution in [3.63, 3.8) is 0 Å². The molecule has 0 N–H and O–H groups in total. The van der Waals surface area contributed by atoms with Gasteiger partial charge in [0.2, 0.25) is 0 Å². The molecule has 0 aliphatic carbocycles. The van der Waals surface area contributed by atoms with Gasteiger partial charge in [-0.15, -0.1) is 0 Å². The molecule has 0 heterocycles. The van der Waals surface area contributed by atoms with Crippen molar-refractivity contribution in [2.45, 2.75) is 11.5 Å². The quantitative estimate of drug-likeness (QED) is 0.617. The summed E-state index contributed by atoms with van der Waals surface area (Å²) in [6.45, 7) is 0. The van der Waals surface area contributed by atoms with Gasteiger partial charge in [-0.1, -0.05) is 36.4 Å². The standard InChI is InChI=1S/C15H12N2O2S/c16-9-12-5-1-2-6-13(12)10-20-11-14-7-3-4-8-15(14)17(18)19/h1-8H,10-11H2. The number of nitro groups is 1. The number of nitro benzene ring substituents is 1. The van der Waals surface area contributed by atoms with Crippen LogP contribution >= 0.6 is 11.8 Å². The predicted octanol–water partition coefficient (Wildman–Crippen LogP) is 3.90. The highest BCUT2D eigenvalue weighted by atomic mass is 32.2. The van der Waals surface area contributed by atoms with E-state index in [-0.39, 0.29) is 10.6 Å². The average molecular weight is 284 g/mol. The lowest BCUT2D eigenvalue weighted by molar-refractivity contribution is -0.385. The van der Waals surface area contributed by atoms with Crippen molar-refractivity contribution < 1.29 is 4.92 Å². The van der Waals surface area contributed by atoms with Crippen LogP contribution in [0.2, 0.25) is 0 Å². The van der Waals surface area contributed by atoms with Crippen LogP contribution in [0.15, 0.2) is 48.5 Å². The van der Waals surface area contributed by atoms with Crippen LogP contribution in [0.5, 0.6) is 0 Å². The third kappa shape index (κ3) is 3.37. The first-order valence-corrected chi connectivity index (χ1v) is 7.16. The Morgan fingerprint density at radius 2 is 1.65 bits per heavy atom. The van der Waals surface area contributed by atoms with E-state index in [0.29, 0.717) is 22.6 Å². The lowest BCUT2D eigenvalue weighted by Crippen LogP contribution is -1.94. The monoisotopic (exact) mass is 284 g/mol. The van der Waals surface area contributed by atoms with E-state index in [9.17, 15) is 10.1 Å². The van der Waals surface area contributed by atoms with E-state index in [1.807, 2.05) is 18.2 Å². The van der Waals surface area contributed by atoms with Crippen molar-refractivity contribution in [1.29, 1.82) is 5.26 Å². The first kappa shape index (κ1) is 14.1. The maximum atomic E-state index is 10.9. The Bertz CT molecular complexity index is 665. The highest BCUT2D eigenvalue weighted by molar-refractivity contribution is 7.97. The van der Waals surface area contributed by atoms with Gasteiger partial charge in [0.05, 0.1) is 16.6 Å². The van der Waals surface area contributed by atoms with Crippen molar-refractivity contribution in [3.8, 4) is 6.07 Å². The molecule has 2 aromatic rings. The molecule has 0 saturated carbocycles. The highest BCUT2D eigenvalue weighted by Crippen LogP contribution is 2.25. The molecule has 0 aromatic heterocycles. The predicted molar refractivity (Wildman–Crippen MR) is 79.3 cm³/mol. The largest absolute Gasteiger partial charge is 0.273 e. The fourth-order valence-electron chi connectivity index (χ4n) is 1.84. The van der Waals surface area contributed by atoms with Crippen molar-refractivity contribution >= 4 is 17.4 Å². The fourth-order valence-corrected chi connectivity index (χ4v) is 2.87. The molecule has 5 heteroatoms. The number of para-hydroxylation sites is 1. The van der Waals surface area contributed by atoms with E-state index in [4.69, 9.17) is 5.26 Å². The normalized spacial score (nSPS) is 9.95. The third-order valence-electron chi connectivity index (χ3n) is 2.84. The summed E-state index contributed by atoms with van der Waals surface area (Å²) < 4.78 is 0. The van der Waals surface area contributed by atoms with Crippen LogP contribution < -0.4 is 0 Å². The molecule has 0 aliphatic rings. The van der Waals surface area contributed by atoms with Gasteiger partial charge < -0.3 is 0 Å². The van der Waals surface area contributed by atoms with Gasteiger partial charge in [-0.05, 0) is 11.6 Å². The van der Waals surface area contributed by atoms with Crippen LogP contribution in [-0.4, -0.2) is 4.92 Å². The molecule has 0 saturated heterocycles. The van der Waals surface area contributed by atoms with Gasteiger partial charge in [-0.25, -0.2) is 0 Å².